The van der Waals surface area contributed by atoms with Crippen LogP contribution < -0.4 is 0 Å². The number of halogens is 1. The molecule has 1 aromatic carbocycles. The zero-order chi connectivity index (χ0) is 19.0. The second-order valence-corrected chi connectivity index (χ2v) is 7.84. The zero-order valence-electron chi connectivity index (χ0n) is 16.0. The van der Waals surface area contributed by atoms with Gasteiger partial charge in [0.1, 0.15) is 0 Å². The molecule has 3 nitrogen and oxygen atoms in total. The molecule has 1 rings (SSSR count). The summed E-state index contributed by atoms with van der Waals surface area (Å²) in [6, 6.07) is 8.97. The van der Waals surface area contributed by atoms with Crippen molar-refractivity contribution >= 4 is 17.6 Å². The number of aliphatic hydroxyl groups excluding tert-OH is 1. The first kappa shape index (κ1) is 21.7. The summed E-state index contributed by atoms with van der Waals surface area (Å²) in [6.07, 6.45) is 3.18. The Labute approximate surface area is 157 Å². The summed E-state index contributed by atoms with van der Waals surface area (Å²) < 4.78 is 5.34. The first-order chi connectivity index (χ1) is 11.7. The van der Waals surface area contributed by atoms with Gasteiger partial charge in [0.05, 0.1) is 12.2 Å². The number of aliphatic hydroxyl groups is 1. The van der Waals surface area contributed by atoms with Crippen LogP contribution in [0.25, 0.3) is 0 Å². The van der Waals surface area contributed by atoms with Crippen molar-refractivity contribution in [2.45, 2.75) is 71.0 Å². The van der Waals surface area contributed by atoms with Crippen molar-refractivity contribution in [1.29, 1.82) is 0 Å². The molecule has 1 aromatic rings. The van der Waals surface area contributed by atoms with Crippen molar-refractivity contribution in [3.63, 3.8) is 0 Å². The Balaban J connectivity index is 2.95. The Hall–Kier alpha value is -1.32. The molecule has 3 unspecified atom stereocenters. The van der Waals surface area contributed by atoms with E-state index in [2.05, 4.69) is 26.8 Å². The van der Waals surface area contributed by atoms with E-state index in [1.807, 2.05) is 6.07 Å². The third kappa shape index (κ3) is 6.48. The highest BCUT2D eigenvalue weighted by Crippen LogP contribution is 2.38. The molecular weight excluding hydrogens is 336 g/mol. The zero-order valence-corrected chi connectivity index (χ0v) is 16.7. The molecule has 4 heteroatoms. The van der Waals surface area contributed by atoms with Crippen LogP contribution in [-0.4, -0.2) is 23.3 Å². The van der Waals surface area contributed by atoms with Crippen LogP contribution in [0.15, 0.2) is 42.0 Å². The van der Waals surface area contributed by atoms with E-state index in [9.17, 15) is 9.90 Å². The van der Waals surface area contributed by atoms with E-state index < -0.39 is 16.9 Å². The fraction of sp³-hybridized carbons (Fsp3) is 0.571. The normalized spacial score (nSPS) is 16.0. The molecule has 0 saturated heterocycles. The number of rotatable bonds is 9. The molecule has 0 radical (unpaired) electrons. The van der Waals surface area contributed by atoms with Crippen molar-refractivity contribution in [2.24, 2.45) is 5.92 Å². The van der Waals surface area contributed by atoms with Crippen LogP contribution in [-0.2, 0) is 14.4 Å². The van der Waals surface area contributed by atoms with Crippen molar-refractivity contribution in [2.75, 3.05) is 0 Å². The highest BCUT2D eigenvalue weighted by molar-refractivity contribution is 6.34. The van der Waals surface area contributed by atoms with Crippen molar-refractivity contribution in [3.8, 4) is 0 Å². The summed E-state index contributed by atoms with van der Waals surface area (Å²) in [5, 5.41) is 10.8. The van der Waals surface area contributed by atoms with E-state index in [0.717, 1.165) is 12.8 Å². The molecule has 0 bridgehead atoms. The lowest BCUT2D eigenvalue weighted by Gasteiger charge is -2.32. The van der Waals surface area contributed by atoms with Gasteiger partial charge in [0.25, 0.3) is 0 Å². The minimum absolute atomic E-state index is 0.235. The van der Waals surface area contributed by atoms with Crippen LogP contribution in [0.2, 0.25) is 0 Å². The lowest BCUT2D eigenvalue weighted by atomic mass is 9.86. The number of hydrogen-bond donors (Lipinski definition) is 1. The summed E-state index contributed by atoms with van der Waals surface area (Å²) in [7, 11) is 0. The SMILES string of the molecule is CC(C)=CCCC(C)CC(O)C(Cl)(C(=O)OC(C)C)c1ccccc1. The second-order valence-electron chi connectivity index (χ2n) is 7.25. The topological polar surface area (TPSA) is 46.5 Å². The summed E-state index contributed by atoms with van der Waals surface area (Å²) >= 11 is 6.70. The Morgan fingerprint density at radius 3 is 2.36 bits per heavy atom. The van der Waals surface area contributed by atoms with E-state index in [4.69, 9.17) is 16.3 Å². The lowest BCUT2D eigenvalue weighted by Crippen LogP contribution is -2.44. The molecule has 25 heavy (non-hydrogen) atoms. The van der Waals surface area contributed by atoms with Gasteiger partial charge in [0.2, 0.25) is 0 Å². The van der Waals surface area contributed by atoms with Crippen molar-refractivity contribution in [3.05, 3.63) is 47.5 Å². The predicted octanol–water partition coefficient (Wildman–Crippen LogP) is 5.21. The molecule has 0 spiro atoms. The fourth-order valence-corrected chi connectivity index (χ4v) is 3.00. The maximum atomic E-state index is 12.7. The molecule has 0 aliphatic rings. The average Bonchev–Trinajstić information content (AvgIpc) is 2.53. The molecule has 0 aromatic heterocycles. The van der Waals surface area contributed by atoms with E-state index in [1.165, 1.54) is 5.57 Å². The Kier molecular flexibility index (Phi) is 8.67. The minimum Gasteiger partial charge on any atom is -0.461 e. The number of ether oxygens (including phenoxy) is 1. The van der Waals surface area contributed by atoms with Gasteiger partial charge in [-0.05, 0) is 58.4 Å². The van der Waals surface area contributed by atoms with Crippen molar-refractivity contribution < 1.29 is 14.6 Å². The summed E-state index contributed by atoms with van der Waals surface area (Å²) in [6.45, 7) is 9.75. The molecule has 0 saturated carbocycles. The molecule has 0 aliphatic heterocycles. The molecule has 3 atom stereocenters. The summed E-state index contributed by atoms with van der Waals surface area (Å²) in [5.41, 5.74) is 1.84. The smallest absolute Gasteiger partial charge is 0.334 e. The van der Waals surface area contributed by atoms with E-state index in [-0.39, 0.29) is 12.0 Å². The highest BCUT2D eigenvalue weighted by Gasteiger charge is 2.47. The molecule has 0 heterocycles. The van der Waals surface area contributed by atoms with Gasteiger partial charge in [0.15, 0.2) is 4.87 Å². The van der Waals surface area contributed by atoms with Gasteiger partial charge in [-0.25, -0.2) is 4.79 Å². The number of alkyl halides is 1. The largest absolute Gasteiger partial charge is 0.461 e. The standard InChI is InChI=1S/C21H31ClO3/c1-15(2)10-9-11-17(5)14-19(23)21(22,20(24)25-16(3)4)18-12-7-6-8-13-18/h6-8,10,12-13,16-17,19,23H,9,11,14H2,1-5H3. The van der Waals surface area contributed by atoms with Gasteiger partial charge in [-0.2, -0.15) is 0 Å². The van der Waals surface area contributed by atoms with Crippen LogP contribution in [0.1, 0.15) is 59.4 Å². The maximum Gasteiger partial charge on any atom is 0.334 e. The highest BCUT2D eigenvalue weighted by atomic mass is 35.5. The number of benzene rings is 1. The van der Waals surface area contributed by atoms with Crippen LogP contribution >= 0.6 is 11.6 Å². The lowest BCUT2D eigenvalue weighted by molar-refractivity contribution is -0.155. The summed E-state index contributed by atoms with van der Waals surface area (Å²) in [5.74, 6) is -0.362. The van der Waals surface area contributed by atoms with Gasteiger partial charge >= 0.3 is 5.97 Å². The van der Waals surface area contributed by atoms with E-state index in [1.54, 1.807) is 38.1 Å². The quantitative estimate of drug-likeness (QED) is 0.371. The van der Waals surface area contributed by atoms with Gasteiger partial charge in [-0.1, -0.05) is 60.5 Å². The first-order valence-electron chi connectivity index (χ1n) is 8.94. The summed E-state index contributed by atoms with van der Waals surface area (Å²) in [4.78, 5) is 11.1. The molecule has 0 amide bonds. The number of carbonyl (C=O) groups is 1. The Bertz CT molecular complexity index is 564. The van der Waals surface area contributed by atoms with Crippen LogP contribution in [0.3, 0.4) is 0 Å². The van der Waals surface area contributed by atoms with Gasteiger partial charge in [0, 0.05) is 0 Å². The maximum absolute atomic E-state index is 12.7. The third-order valence-corrected chi connectivity index (χ3v) is 4.75. The molecule has 0 aliphatic carbocycles. The fourth-order valence-electron chi connectivity index (χ4n) is 2.74. The number of esters is 1. The number of hydrogen-bond acceptors (Lipinski definition) is 3. The first-order valence-corrected chi connectivity index (χ1v) is 9.32. The Morgan fingerprint density at radius 2 is 1.84 bits per heavy atom. The monoisotopic (exact) mass is 366 g/mol. The van der Waals surface area contributed by atoms with Crippen molar-refractivity contribution in [1.82, 2.24) is 0 Å². The second kappa shape index (κ2) is 9.98. The third-order valence-electron chi connectivity index (χ3n) is 4.13. The van der Waals surface area contributed by atoms with Gasteiger partial charge < -0.3 is 9.84 Å². The average molecular weight is 367 g/mol. The van der Waals surface area contributed by atoms with E-state index >= 15 is 0 Å². The molecule has 0 fully saturated rings. The number of carbonyl (C=O) groups excluding carboxylic acids is 1. The molecular formula is C21H31ClO3. The molecule has 1 N–H and O–H groups in total. The molecule has 140 valence electrons. The van der Waals surface area contributed by atoms with Gasteiger partial charge in [-0.15, -0.1) is 0 Å². The Morgan fingerprint density at radius 1 is 1.24 bits per heavy atom. The van der Waals surface area contributed by atoms with Crippen LogP contribution in [0.4, 0.5) is 0 Å². The number of allylic oxidation sites excluding steroid dienone is 2. The minimum atomic E-state index is -1.59. The van der Waals surface area contributed by atoms with Crippen LogP contribution in [0, 0.1) is 5.92 Å². The van der Waals surface area contributed by atoms with Gasteiger partial charge in [-0.3, -0.25) is 0 Å². The van der Waals surface area contributed by atoms with E-state index in [0.29, 0.717) is 12.0 Å². The van der Waals surface area contributed by atoms with Crippen LogP contribution in [0.5, 0.6) is 0 Å². The predicted molar refractivity (Wildman–Crippen MR) is 104 cm³/mol.